The summed E-state index contributed by atoms with van der Waals surface area (Å²) in [6, 6.07) is 8.45. The summed E-state index contributed by atoms with van der Waals surface area (Å²) in [7, 11) is 0. The van der Waals surface area contributed by atoms with Gasteiger partial charge < -0.3 is 14.8 Å². The van der Waals surface area contributed by atoms with Crippen LogP contribution in [0, 0.1) is 0 Å². The Kier molecular flexibility index (Phi) is 3.11. The number of anilines is 1. The Morgan fingerprint density at radius 1 is 1.17 bits per heavy atom. The maximum absolute atomic E-state index is 5.60. The summed E-state index contributed by atoms with van der Waals surface area (Å²) in [6.07, 6.45) is 0. The first-order valence-electron chi connectivity index (χ1n) is 6.01. The van der Waals surface area contributed by atoms with Gasteiger partial charge in [-0.05, 0) is 36.1 Å². The zero-order chi connectivity index (χ0) is 12.4. The predicted molar refractivity (Wildman–Crippen MR) is 73.8 cm³/mol. The number of fused-ring (bicyclic) bond motifs is 1. The van der Waals surface area contributed by atoms with Crippen LogP contribution >= 0.6 is 11.3 Å². The molecule has 2 heterocycles. The van der Waals surface area contributed by atoms with Crippen LogP contribution in [-0.2, 0) is 0 Å². The second kappa shape index (κ2) is 4.90. The van der Waals surface area contributed by atoms with Gasteiger partial charge >= 0.3 is 0 Å². The van der Waals surface area contributed by atoms with Crippen molar-refractivity contribution in [1.82, 2.24) is 0 Å². The van der Waals surface area contributed by atoms with E-state index in [0.717, 1.165) is 17.2 Å². The van der Waals surface area contributed by atoms with E-state index in [-0.39, 0.29) is 6.04 Å². The molecule has 18 heavy (non-hydrogen) atoms. The SMILES string of the molecule is CC(Nc1ccsc1)c1ccc2c(c1)OCCO2. The van der Waals surface area contributed by atoms with Gasteiger partial charge in [0.25, 0.3) is 0 Å². The first-order chi connectivity index (χ1) is 8.83. The third kappa shape index (κ3) is 2.29. The van der Waals surface area contributed by atoms with E-state index in [1.807, 2.05) is 6.07 Å². The molecule has 4 heteroatoms. The summed E-state index contributed by atoms with van der Waals surface area (Å²) in [6.45, 7) is 3.40. The molecule has 1 aromatic heterocycles. The monoisotopic (exact) mass is 261 g/mol. The van der Waals surface area contributed by atoms with Crippen LogP contribution in [0.2, 0.25) is 0 Å². The average Bonchev–Trinajstić information content (AvgIpc) is 2.91. The molecule has 1 aliphatic rings. The number of nitrogens with one attached hydrogen (secondary N) is 1. The fourth-order valence-electron chi connectivity index (χ4n) is 2.01. The number of benzene rings is 1. The lowest BCUT2D eigenvalue weighted by Gasteiger charge is -2.21. The Labute approximate surface area is 110 Å². The summed E-state index contributed by atoms with van der Waals surface area (Å²) in [5.41, 5.74) is 2.35. The second-order valence-corrected chi connectivity index (χ2v) is 5.06. The van der Waals surface area contributed by atoms with Gasteiger partial charge in [0.15, 0.2) is 11.5 Å². The molecule has 0 fully saturated rings. The lowest BCUT2D eigenvalue weighted by Crippen LogP contribution is -2.16. The zero-order valence-electron chi connectivity index (χ0n) is 10.2. The fourth-order valence-corrected chi connectivity index (χ4v) is 2.61. The molecule has 1 atom stereocenters. The molecule has 3 nitrogen and oxygen atoms in total. The van der Waals surface area contributed by atoms with Gasteiger partial charge in [0.1, 0.15) is 13.2 Å². The van der Waals surface area contributed by atoms with E-state index in [4.69, 9.17) is 9.47 Å². The number of hydrogen-bond donors (Lipinski definition) is 1. The van der Waals surface area contributed by atoms with E-state index in [0.29, 0.717) is 13.2 Å². The van der Waals surface area contributed by atoms with Crippen molar-refractivity contribution in [3.8, 4) is 11.5 Å². The van der Waals surface area contributed by atoms with Crippen molar-refractivity contribution in [2.75, 3.05) is 18.5 Å². The Balaban J connectivity index is 1.79. The molecule has 0 radical (unpaired) electrons. The lowest BCUT2D eigenvalue weighted by molar-refractivity contribution is 0.171. The van der Waals surface area contributed by atoms with Crippen molar-refractivity contribution >= 4 is 17.0 Å². The molecule has 1 aromatic carbocycles. The van der Waals surface area contributed by atoms with Gasteiger partial charge in [-0.2, -0.15) is 11.3 Å². The van der Waals surface area contributed by atoms with Crippen molar-refractivity contribution in [3.05, 3.63) is 40.6 Å². The molecular formula is C14H15NO2S. The molecule has 1 N–H and O–H groups in total. The molecule has 0 bridgehead atoms. The first kappa shape index (κ1) is 11.4. The maximum atomic E-state index is 5.60. The molecular weight excluding hydrogens is 246 g/mol. The Bertz CT molecular complexity index is 525. The van der Waals surface area contributed by atoms with Crippen LogP contribution < -0.4 is 14.8 Å². The van der Waals surface area contributed by atoms with Crippen LogP contribution in [0.5, 0.6) is 11.5 Å². The standard InChI is InChI=1S/C14H15NO2S/c1-10(15-12-4-7-18-9-12)11-2-3-13-14(8-11)17-6-5-16-13/h2-4,7-10,15H,5-6H2,1H3. The smallest absolute Gasteiger partial charge is 0.161 e. The van der Waals surface area contributed by atoms with Crippen LogP contribution in [0.1, 0.15) is 18.5 Å². The van der Waals surface area contributed by atoms with Crippen molar-refractivity contribution in [3.63, 3.8) is 0 Å². The van der Waals surface area contributed by atoms with Gasteiger partial charge in [0.2, 0.25) is 0 Å². The molecule has 0 saturated heterocycles. The number of ether oxygens (including phenoxy) is 2. The van der Waals surface area contributed by atoms with Crippen LogP contribution in [-0.4, -0.2) is 13.2 Å². The molecule has 0 spiro atoms. The highest BCUT2D eigenvalue weighted by Gasteiger charge is 2.14. The van der Waals surface area contributed by atoms with E-state index >= 15 is 0 Å². The minimum Gasteiger partial charge on any atom is -0.486 e. The van der Waals surface area contributed by atoms with Crippen molar-refractivity contribution in [2.45, 2.75) is 13.0 Å². The fraction of sp³-hybridized carbons (Fsp3) is 0.286. The van der Waals surface area contributed by atoms with E-state index in [2.05, 4.69) is 41.2 Å². The molecule has 1 unspecified atom stereocenters. The van der Waals surface area contributed by atoms with E-state index in [1.54, 1.807) is 11.3 Å². The largest absolute Gasteiger partial charge is 0.486 e. The zero-order valence-corrected chi connectivity index (χ0v) is 11.0. The second-order valence-electron chi connectivity index (χ2n) is 4.28. The lowest BCUT2D eigenvalue weighted by atomic mass is 10.1. The molecule has 3 rings (SSSR count). The van der Waals surface area contributed by atoms with Crippen molar-refractivity contribution in [1.29, 1.82) is 0 Å². The van der Waals surface area contributed by atoms with Crippen LogP contribution in [0.25, 0.3) is 0 Å². The summed E-state index contributed by atoms with van der Waals surface area (Å²) in [5.74, 6) is 1.69. The molecule has 2 aromatic rings. The molecule has 0 amide bonds. The van der Waals surface area contributed by atoms with Crippen LogP contribution in [0.3, 0.4) is 0 Å². The summed E-state index contributed by atoms with van der Waals surface area (Å²) in [5, 5.41) is 7.63. The summed E-state index contributed by atoms with van der Waals surface area (Å²) < 4.78 is 11.1. The van der Waals surface area contributed by atoms with Crippen molar-refractivity contribution in [2.24, 2.45) is 0 Å². The van der Waals surface area contributed by atoms with Gasteiger partial charge in [-0.25, -0.2) is 0 Å². The molecule has 0 saturated carbocycles. The molecule has 1 aliphatic heterocycles. The van der Waals surface area contributed by atoms with E-state index in [1.165, 1.54) is 5.56 Å². The number of thiophene rings is 1. The highest BCUT2D eigenvalue weighted by molar-refractivity contribution is 7.08. The highest BCUT2D eigenvalue weighted by Crippen LogP contribution is 2.33. The third-order valence-electron chi connectivity index (χ3n) is 2.97. The number of rotatable bonds is 3. The van der Waals surface area contributed by atoms with Gasteiger partial charge in [-0.15, -0.1) is 0 Å². The van der Waals surface area contributed by atoms with Gasteiger partial charge in [-0.3, -0.25) is 0 Å². The topological polar surface area (TPSA) is 30.5 Å². The minimum atomic E-state index is 0.246. The summed E-state index contributed by atoms with van der Waals surface area (Å²) >= 11 is 1.69. The maximum Gasteiger partial charge on any atom is 0.161 e. The highest BCUT2D eigenvalue weighted by atomic mass is 32.1. The quantitative estimate of drug-likeness (QED) is 0.914. The van der Waals surface area contributed by atoms with Crippen molar-refractivity contribution < 1.29 is 9.47 Å². The predicted octanol–water partition coefficient (Wildman–Crippen LogP) is 3.69. The molecule has 0 aliphatic carbocycles. The Morgan fingerprint density at radius 2 is 2.00 bits per heavy atom. The normalized spacial score (nSPS) is 15.2. The van der Waals surface area contributed by atoms with E-state index in [9.17, 15) is 0 Å². The van der Waals surface area contributed by atoms with Gasteiger partial charge in [0, 0.05) is 17.1 Å². The van der Waals surface area contributed by atoms with Crippen LogP contribution in [0.4, 0.5) is 5.69 Å². The van der Waals surface area contributed by atoms with Gasteiger partial charge in [0.05, 0.1) is 0 Å². The van der Waals surface area contributed by atoms with Crippen LogP contribution in [0.15, 0.2) is 35.0 Å². The van der Waals surface area contributed by atoms with E-state index < -0.39 is 0 Å². The summed E-state index contributed by atoms with van der Waals surface area (Å²) in [4.78, 5) is 0. The Morgan fingerprint density at radius 3 is 2.78 bits per heavy atom. The van der Waals surface area contributed by atoms with Gasteiger partial charge in [-0.1, -0.05) is 6.07 Å². The average molecular weight is 261 g/mol. The first-order valence-corrected chi connectivity index (χ1v) is 6.95. The number of hydrogen-bond acceptors (Lipinski definition) is 4. The minimum absolute atomic E-state index is 0.246. The third-order valence-corrected chi connectivity index (χ3v) is 3.65. The Hall–Kier alpha value is -1.68. The molecule has 94 valence electrons.